The number of carbonyl (C=O) groups is 3. The van der Waals surface area contributed by atoms with E-state index in [1.54, 1.807) is 0 Å². The predicted octanol–water partition coefficient (Wildman–Crippen LogP) is 4.26. The summed E-state index contributed by atoms with van der Waals surface area (Å²) < 4.78 is 0.889. The van der Waals surface area contributed by atoms with E-state index in [0.29, 0.717) is 25.3 Å². The van der Waals surface area contributed by atoms with Crippen molar-refractivity contribution in [3.63, 3.8) is 0 Å². The third-order valence-corrected chi connectivity index (χ3v) is 8.96. The zero-order valence-corrected chi connectivity index (χ0v) is 33.5. The number of carboxylic acids is 1. The number of benzene rings is 2. The highest BCUT2D eigenvalue weighted by molar-refractivity contribution is 5.93. The van der Waals surface area contributed by atoms with Gasteiger partial charge < -0.3 is 37.2 Å². The SMILES string of the molecule is CC(=O)O.CCCCN(CCCCCNCC[N+](CCC)(CCC)CC(=O)Cc1c(C)cccc1C)CC(=O)Nc1c(C)cccc1C.[Br-]. The summed E-state index contributed by atoms with van der Waals surface area (Å²) in [5.74, 6) is -0.395. The molecule has 0 radical (unpaired) electrons. The van der Waals surface area contributed by atoms with Crippen LogP contribution < -0.4 is 27.6 Å². The molecular formula is C40H67BrN4O4. The number of carbonyl (C=O) groups excluding carboxylic acids is 2. The number of aliphatic carboxylic acids is 1. The Labute approximate surface area is 308 Å². The Morgan fingerprint density at radius 1 is 0.735 bits per heavy atom. The fraction of sp³-hybridized carbons (Fsp3) is 0.625. The molecule has 0 aliphatic carbocycles. The van der Waals surface area contributed by atoms with Gasteiger partial charge in [0.25, 0.3) is 5.97 Å². The van der Waals surface area contributed by atoms with Crippen LogP contribution in [0.15, 0.2) is 36.4 Å². The lowest BCUT2D eigenvalue weighted by Gasteiger charge is -2.38. The van der Waals surface area contributed by atoms with Crippen molar-refractivity contribution in [2.45, 2.75) is 107 Å². The van der Waals surface area contributed by atoms with Crippen molar-refractivity contribution in [3.8, 4) is 0 Å². The number of aryl methyl sites for hydroxylation is 4. The second-order valence-electron chi connectivity index (χ2n) is 13.5. The molecule has 0 aliphatic heterocycles. The van der Waals surface area contributed by atoms with Crippen LogP contribution in [-0.4, -0.2) is 91.1 Å². The molecule has 0 atom stereocenters. The van der Waals surface area contributed by atoms with E-state index in [-0.39, 0.29) is 22.9 Å². The summed E-state index contributed by atoms with van der Waals surface area (Å²) in [5, 5.41) is 14.3. The Hall–Kier alpha value is -2.59. The fourth-order valence-electron chi connectivity index (χ4n) is 6.52. The molecule has 278 valence electrons. The molecule has 2 rings (SSSR count). The molecule has 0 aromatic heterocycles. The zero-order chi connectivity index (χ0) is 36.0. The maximum atomic E-state index is 13.3. The van der Waals surface area contributed by atoms with Crippen LogP contribution in [0.3, 0.4) is 0 Å². The molecule has 2 aromatic carbocycles. The van der Waals surface area contributed by atoms with Crippen molar-refractivity contribution in [3.05, 3.63) is 64.2 Å². The fourth-order valence-corrected chi connectivity index (χ4v) is 6.52. The van der Waals surface area contributed by atoms with E-state index in [9.17, 15) is 9.59 Å². The first-order chi connectivity index (χ1) is 22.9. The molecular weight excluding hydrogens is 680 g/mol. The van der Waals surface area contributed by atoms with Crippen LogP contribution >= 0.6 is 0 Å². The van der Waals surface area contributed by atoms with Crippen LogP contribution in [0.2, 0.25) is 0 Å². The van der Waals surface area contributed by atoms with Gasteiger partial charge in [0, 0.05) is 25.6 Å². The van der Waals surface area contributed by atoms with Crippen LogP contribution in [0.25, 0.3) is 0 Å². The molecule has 0 unspecified atom stereocenters. The molecule has 2 aromatic rings. The third-order valence-electron chi connectivity index (χ3n) is 8.96. The normalized spacial score (nSPS) is 11.0. The van der Waals surface area contributed by atoms with Crippen molar-refractivity contribution in [2.24, 2.45) is 0 Å². The van der Waals surface area contributed by atoms with Crippen LogP contribution in [0.5, 0.6) is 0 Å². The molecule has 8 nitrogen and oxygen atoms in total. The minimum Gasteiger partial charge on any atom is -1.00 e. The molecule has 49 heavy (non-hydrogen) atoms. The van der Waals surface area contributed by atoms with Crippen molar-refractivity contribution >= 4 is 23.3 Å². The number of amides is 1. The van der Waals surface area contributed by atoms with Gasteiger partial charge in [0.1, 0.15) is 6.54 Å². The number of rotatable bonds is 23. The van der Waals surface area contributed by atoms with E-state index in [1.807, 2.05) is 32.0 Å². The van der Waals surface area contributed by atoms with E-state index in [2.05, 4.69) is 68.4 Å². The molecule has 1 amide bonds. The summed E-state index contributed by atoms with van der Waals surface area (Å²) in [4.78, 5) is 37.5. The highest BCUT2D eigenvalue weighted by Gasteiger charge is 2.29. The van der Waals surface area contributed by atoms with Gasteiger partial charge in [0.15, 0.2) is 5.78 Å². The quantitative estimate of drug-likeness (QED) is 0.116. The van der Waals surface area contributed by atoms with Crippen molar-refractivity contribution < 1.29 is 41.0 Å². The average Bonchev–Trinajstić information content (AvgIpc) is 3.01. The van der Waals surface area contributed by atoms with Gasteiger partial charge in [0.2, 0.25) is 5.91 Å². The molecule has 0 saturated heterocycles. The van der Waals surface area contributed by atoms with Gasteiger partial charge in [-0.2, -0.15) is 0 Å². The zero-order valence-electron chi connectivity index (χ0n) is 31.9. The van der Waals surface area contributed by atoms with Gasteiger partial charge in [-0.3, -0.25) is 19.3 Å². The lowest BCUT2D eigenvalue weighted by Crippen LogP contribution is -3.00. The van der Waals surface area contributed by atoms with Crippen LogP contribution in [0, 0.1) is 27.7 Å². The van der Waals surface area contributed by atoms with Crippen LogP contribution in [0.4, 0.5) is 5.69 Å². The summed E-state index contributed by atoms with van der Waals surface area (Å²) in [5.41, 5.74) is 6.81. The standard InChI is InChI=1S/C38H62N4O2.C2H4O2.BrH/c1-8-11-23-41(29-37(44)40-38-33(6)19-16-20-34(38)7)24-14-12-13-21-39-22-27-42(25-9-2,26-10-3)30-35(43)28-36-31(4)17-15-18-32(36)5;1-2(3)4;/h15-20,39H,8-14,21-30H2,1-7H3;1H3,(H,3,4);1H. The molecule has 0 fully saturated rings. The molecule has 0 bridgehead atoms. The Morgan fingerprint density at radius 3 is 1.80 bits per heavy atom. The lowest BCUT2D eigenvalue weighted by atomic mass is 9.97. The highest BCUT2D eigenvalue weighted by atomic mass is 79.9. The minimum absolute atomic E-state index is 0. The maximum Gasteiger partial charge on any atom is 0.300 e. The van der Waals surface area contributed by atoms with Gasteiger partial charge >= 0.3 is 0 Å². The Morgan fingerprint density at radius 2 is 1.27 bits per heavy atom. The van der Waals surface area contributed by atoms with E-state index >= 15 is 0 Å². The number of hydrogen-bond donors (Lipinski definition) is 3. The van der Waals surface area contributed by atoms with E-state index in [4.69, 9.17) is 9.90 Å². The number of carboxylic acid groups (broad SMARTS) is 1. The third kappa shape index (κ3) is 19.4. The van der Waals surface area contributed by atoms with Gasteiger partial charge in [-0.1, -0.05) is 70.0 Å². The number of Topliss-reactive ketones (excluding diaryl/α,β-unsaturated/α-hetero) is 1. The van der Waals surface area contributed by atoms with Gasteiger partial charge in [0.05, 0.1) is 26.2 Å². The van der Waals surface area contributed by atoms with E-state index in [0.717, 1.165) is 119 Å². The van der Waals surface area contributed by atoms with Gasteiger partial charge in [-0.05, 0) is 107 Å². The smallest absolute Gasteiger partial charge is 0.300 e. The molecule has 0 spiro atoms. The topological polar surface area (TPSA) is 98.7 Å². The van der Waals surface area contributed by atoms with E-state index in [1.165, 1.54) is 16.7 Å². The Kier molecular flexibility index (Phi) is 24.9. The number of hydrogen-bond acceptors (Lipinski definition) is 5. The Balaban J connectivity index is 0.00000435. The largest absolute Gasteiger partial charge is 1.00 e. The molecule has 3 N–H and O–H groups in total. The van der Waals surface area contributed by atoms with Crippen molar-refractivity contribution in [1.29, 1.82) is 0 Å². The average molecular weight is 748 g/mol. The summed E-state index contributed by atoms with van der Waals surface area (Å²) in [6.07, 6.45) is 8.34. The number of ketones is 1. The number of unbranched alkanes of at least 4 members (excludes halogenated alkanes) is 3. The summed E-state index contributed by atoms with van der Waals surface area (Å²) in [6, 6.07) is 12.4. The molecule has 0 heterocycles. The van der Waals surface area contributed by atoms with Crippen molar-refractivity contribution in [2.75, 3.05) is 64.2 Å². The van der Waals surface area contributed by atoms with Gasteiger partial charge in [-0.25, -0.2) is 0 Å². The number of anilines is 1. The number of halogens is 1. The van der Waals surface area contributed by atoms with Crippen molar-refractivity contribution in [1.82, 2.24) is 10.2 Å². The summed E-state index contributed by atoms with van der Waals surface area (Å²) >= 11 is 0. The summed E-state index contributed by atoms with van der Waals surface area (Å²) in [7, 11) is 0. The first kappa shape index (κ1) is 46.4. The Bertz CT molecular complexity index is 1200. The monoisotopic (exact) mass is 746 g/mol. The van der Waals surface area contributed by atoms with Crippen LogP contribution in [0.1, 0.15) is 100 Å². The molecule has 9 heteroatoms. The minimum atomic E-state index is -0.833. The number of nitrogens with one attached hydrogen (secondary N) is 2. The number of para-hydroxylation sites is 1. The summed E-state index contributed by atoms with van der Waals surface area (Å²) in [6.45, 7) is 24.1. The first-order valence-electron chi connectivity index (χ1n) is 18.3. The lowest BCUT2D eigenvalue weighted by molar-refractivity contribution is -0.919. The number of nitrogens with zero attached hydrogens (tertiary/aromatic N) is 2. The van der Waals surface area contributed by atoms with E-state index < -0.39 is 5.97 Å². The first-order valence-corrected chi connectivity index (χ1v) is 18.3. The highest BCUT2D eigenvalue weighted by Crippen LogP contribution is 2.20. The maximum absolute atomic E-state index is 13.3. The second-order valence-corrected chi connectivity index (χ2v) is 13.5. The molecule has 0 saturated carbocycles. The molecule has 0 aliphatic rings. The number of quaternary nitrogens is 1. The second kappa shape index (κ2) is 26.3. The predicted molar refractivity (Wildman–Crippen MR) is 201 cm³/mol. The van der Waals surface area contributed by atoms with Gasteiger partial charge in [-0.15, -0.1) is 0 Å². The van der Waals surface area contributed by atoms with Crippen LogP contribution in [-0.2, 0) is 20.8 Å².